The van der Waals surface area contributed by atoms with Gasteiger partial charge in [-0.25, -0.2) is 13.1 Å². The predicted molar refractivity (Wildman–Crippen MR) is 117 cm³/mol. The van der Waals surface area contributed by atoms with Crippen LogP contribution in [0, 0.1) is 0 Å². The monoisotopic (exact) mass is 486 g/mol. The molecule has 0 bridgehead atoms. The van der Waals surface area contributed by atoms with E-state index in [4.69, 9.17) is 27.9 Å². The Kier molecular flexibility index (Phi) is 8.58. The Morgan fingerprint density at radius 3 is 2.29 bits per heavy atom. The summed E-state index contributed by atoms with van der Waals surface area (Å²) in [7, 11) is -4.04. The van der Waals surface area contributed by atoms with Crippen molar-refractivity contribution < 1.29 is 27.5 Å². The maximum absolute atomic E-state index is 12.3. The molecule has 1 atom stereocenters. The highest BCUT2D eigenvalue weighted by Crippen LogP contribution is 2.28. The minimum atomic E-state index is -4.04. The lowest BCUT2D eigenvalue weighted by atomic mass is 10.1. The lowest BCUT2D eigenvalue weighted by Gasteiger charge is -2.14. The van der Waals surface area contributed by atoms with Gasteiger partial charge in [-0.1, -0.05) is 41.4 Å². The van der Waals surface area contributed by atoms with Gasteiger partial charge in [0.1, 0.15) is 4.90 Å². The van der Waals surface area contributed by atoms with Crippen molar-refractivity contribution in [3.8, 4) is 0 Å². The zero-order chi connectivity index (χ0) is 23.2. The van der Waals surface area contributed by atoms with E-state index >= 15 is 0 Å². The second-order valence-corrected chi connectivity index (χ2v) is 8.98. The zero-order valence-electron chi connectivity index (χ0n) is 16.6. The fraction of sp³-hybridized carbons (Fsp3) is 0.250. The van der Waals surface area contributed by atoms with Crippen molar-refractivity contribution in [3.63, 3.8) is 0 Å². The lowest BCUT2D eigenvalue weighted by molar-refractivity contribution is -0.152. The largest absolute Gasteiger partial charge is 0.452 e. The van der Waals surface area contributed by atoms with Crippen LogP contribution < -0.4 is 10.0 Å². The average molecular weight is 487 g/mol. The van der Waals surface area contributed by atoms with E-state index in [1.807, 2.05) is 0 Å². The van der Waals surface area contributed by atoms with Crippen LogP contribution in [0.25, 0.3) is 0 Å². The average Bonchev–Trinajstić information content (AvgIpc) is 2.67. The van der Waals surface area contributed by atoms with Gasteiger partial charge in [-0.15, -0.1) is 0 Å². The van der Waals surface area contributed by atoms with Crippen molar-refractivity contribution in [1.82, 2.24) is 4.72 Å². The molecular weight excluding hydrogens is 467 g/mol. The molecule has 2 aromatic rings. The molecule has 1 amide bonds. The van der Waals surface area contributed by atoms with Gasteiger partial charge < -0.3 is 10.1 Å². The number of sulfonamides is 1. The SMILES string of the molecule is CC(=O)c1cccc(NC(=O)C(C)OC(=O)CCNS(=O)(=O)c2c(Cl)cccc2Cl)c1. The molecule has 2 rings (SSSR count). The molecule has 0 spiro atoms. The fourth-order valence-corrected chi connectivity index (χ4v) is 4.64. The maximum Gasteiger partial charge on any atom is 0.307 e. The number of anilines is 1. The molecule has 166 valence electrons. The van der Waals surface area contributed by atoms with E-state index in [1.54, 1.807) is 18.2 Å². The van der Waals surface area contributed by atoms with Crippen LogP contribution in [0.5, 0.6) is 0 Å². The van der Waals surface area contributed by atoms with E-state index in [-0.39, 0.29) is 33.7 Å². The Bertz CT molecular complexity index is 1080. The Morgan fingerprint density at radius 2 is 1.68 bits per heavy atom. The van der Waals surface area contributed by atoms with Gasteiger partial charge in [-0.2, -0.15) is 0 Å². The topological polar surface area (TPSA) is 119 Å². The molecule has 31 heavy (non-hydrogen) atoms. The van der Waals surface area contributed by atoms with Crippen LogP contribution in [0.15, 0.2) is 47.4 Å². The molecule has 1 unspecified atom stereocenters. The quantitative estimate of drug-likeness (QED) is 0.413. The van der Waals surface area contributed by atoms with E-state index in [1.165, 1.54) is 38.1 Å². The van der Waals surface area contributed by atoms with Crippen molar-refractivity contribution in [3.05, 3.63) is 58.1 Å². The summed E-state index contributed by atoms with van der Waals surface area (Å²) in [5, 5.41) is 2.44. The number of ketones is 1. The van der Waals surface area contributed by atoms with E-state index < -0.39 is 28.0 Å². The Labute approximate surface area is 189 Å². The van der Waals surface area contributed by atoms with Gasteiger partial charge in [0, 0.05) is 17.8 Å². The summed E-state index contributed by atoms with van der Waals surface area (Å²) in [6, 6.07) is 10.6. The molecule has 0 heterocycles. The number of amides is 1. The molecule has 2 N–H and O–H groups in total. The minimum Gasteiger partial charge on any atom is -0.452 e. The van der Waals surface area contributed by atoms with Gasteiger partial charge in [0.25, 0.3) is 5.91 Å². The summed E-state index contributed by atoms with van der Waals surface area (Å²) < 4.78 is 31.9. The number of nitrogens with one attached hydrogen (secondary N) is 2. The predicted octanol–water partition coefficient (Wildman–Crippen LogP) is 3.43. The van der Waals surface area contributed by atoms with Gasteiger partial charge in [-0.05, 0) is 38.1 Å². The van der Waals surface area contributed by atoms with Crippen LogP contribution in [-0.4, -0.2) is 38.7 Å². The summed E-state index contributed by atoms with van der Waals surface area (Å²) in [5.41, 5.74) is 0.804. The highest BCUT2D eigenvalue weighted by Gasteiger charge is 2.22. The van der Waals surface area contributed by atoms with Crippen molar-refractivity contribution in [2.45, 2.75) is 31.3 Å². The number of Topliss-reactive ketones (excluding diaryl/α,β-unsaturated/α-hetero) is 1. The van der Waals surface area contributed by atoms with Gasteiger partial charge >= 0.3 is 5.97 Å². The van der Waals surface area contributed by atoms with Crippen LogP contribution in [0.3, 0.4) is 0 Å². The molecular formula is C20H20Cl2N2O6S. The van der Waals surface area contributed by atoms with Gasteiger partial charge in [0.05, 0.1) is 16.5 Å². The standard InChI is InChI=1S/C20H20Cl2N2O6S/c1-12(25)14-5-3-6-15(11-14)24-20(27)13(2)30-18(26)9-10-23-31(28,29)19-16(21)7-4-8-17(19)22/h3-8,11,13,23H,9-10H2,1-2H3,(H,24,27). The number of benzene rings is 2. The van der Waals surface area contributed by atoms with Crippen molar-refractivity contribution in [1.29, 1.82) is 0 Å². The molecule has 11 heteroatoms. The van der Waals surface area contributed by atoms with E-state index in [0.29, 0.717) is 11.3 Å². The molecule has 0 aromatic heterocycles. The number of halogens is 2. The maximum atomic E-state index is 12.3. The molecule has 0 aliphatic rings. The van der Waals surface area contributed by atoms with Gasteiger partial charge in [0.2, 0.25) is 10.0 Å². The molecule has 2 aromatic carbocycles. The van der Waals surface area contributed by atoms with Crippen LogP contribution >= 0.6 is 23.2 Å². The third-order valence-electron chi connectivity index (χ3n) is 4.02. The number of esters is 1. The zero-order valence-corrected chi connectivity index (χ0v) is 19.0. The second kappa shape index (κ2) is 10.7. The fourth-order valence-electron chi connectivity index (χ4n) is 2.47. The Morgan fingerprint density at radius 1 is 1.06 bits per heavy atom. The summed E-state index contributed by atoms with van der Waals surface area (Å²) >= 11 is 11.8. The van der Waals surface area contributed by atoms with Crippen molar-refractivity contribution >= 4 is 56.6 Å². The molecule has 8 nitrogen and oxygen atoms in total. The number of carbonyl (C=O) groups excluding carboxylic acids is 3. The molecule has 0 saturated carbocycles. The summed E-state index contributed by atoms with van der Waals surface area (Å²) in [6.45, 7) is 2.49. The first-order valence-electron chi connectivity index (χ1n) is 9.06. The smallest absolute Gasteiger partial charge is 0.307 e. The number of hydrogen-bond donors (Lipinski definition) is 2. The van der Waals surface area contributed by atoms with Crippen molar-refractivity contribution in [2.24, 2.45) is 0 Å². The normalized spacial score (nSPS) is 12.1. The Balaban J connectivity index is 1.87. The van der Waals surface area contributed by atoms with E-state index in [2.05, 4.69) is 10.0 Å². The number of ether oxygens (including phenoxy) is 1. The summed E-state index contributed by atoms with van der Waals surface area (Å²) in [6.07, 6.45) is -1.46. The highest BCUT2D eigenvalue weighted by atomic mass is 35.5. The molecule has 0 aliphatic carbocycles. The number of carbonyl (C=O) groups is 3. The molecule has 0 radical (unpaired) electrons. The Hall–Kier alpha value is -2.46. The summed E-state index contributed by atoms with van der Waals surface area (Å²) in [5.74, 6) is -1.54. The van der Waals surface area contributed by atoms with Gasteiger partial charge in [0.15, 0.2) is 11.9 Å². The lowest BCUT2D eigenvalue weighted by Crippen LogP contribution is -2.32. The first-order chi connectivity index (χ1) is 14.5. The number of rotatable bonds is 9. The van der Waals surface area contributed by atoms with Crippen LogP contribution in [0.1, 0.15) is 30.6 Å². The molecule has 0 aliphatic heterocycles. The van der Waals surface area contributed by atoms with Crippen LogP contribution in [0.2, 0.25) is 10.0 Å². The number of hydrogen-bond acceptors (Lipinski definition) is 6. The van der Waals surface area contributed by atoms with Crippen molar-refractivity contribution in [2.75, 3.05) is 11.9 Å². The third-order valence-corrected chi connectivity index (χ3v) is 6.44. The first kappa shape index (κ1) is 24.8. The summed E-state index contributed by atoms with van der Waals surface area (Å²) in [4.78, 5) is 35.3. The third kappa shape index (κ3) is 7.03. The van der Waals surface area contributed by atoms with E-state index in [9.17, 15) is 22.8 Å². The van der Waals surface area contributed by atoms with E-state index in [0.717, 1.165) is 0 Å². The molecule has 0 saturated heterocycles. The van der Waals surface area contributed by atoms with Crippen LogP contribution in [0.4, 0.5) is 5.69 Å². The first-order valence-corrected chi connectivity index (χ1v) is 11.3. The second-order valence-electron chi connectivity index (χ2n) is 6.46. The highest BCUT2D eigenvalue weighted by molar-refractivity contribution is 7.89. The van der Waals surface area contributed by atoms with Crippen LogP contribution in [-0.2, 0) is 24.3 Å². The van der Waals surface area contributed by atoms with Gasteiger partial charge in [-0.3, -0.25) is 14.4 Å². The molecule has 0 fully saturated rings. The minimum absolute atomic E-state index is 0.0540.